The van der Waals surface area contributed by atoms with Crippen LogP contribution >= 0.6 is 0 Å². The maximum Gasteiger partial charge on any atom is 0.326 e. The van der Waals surface area contributed by atoms with Crippen molar-refractivity contribution in [3.8, 4) is 0 Å². The molecule has 0 saturated carbocycles. The van der Waals surface area contributed by atoms with Crippen molar-refractivity contribution in [2.24, 2.45) is 0 Å². The lowest BCUT2D eigenvalue weighted by Gasteiger charge is -2.22. The van der Waals surface area contributed by atoms with Gasteiger partial charge in [0.1, 0.15) is 6.04 Å². The number of carbonyl (C=O) groups excluding carboxylic acids is 1. The zero-order valence-corrected chi connectivity index (χ0v) is 32.8. The summed E-state index contributed by atoms with van der Waals surface area (Å²) >= 11 is 0. The third-order valence-electron chi connectivity index (χ3n) is 9.28. The highest BCUT2D eigenvalue weighted by Gasteiger charge is 2.22. The van der Waals surface area contributed by atoms with E-state index in [0.29, 0.717) is 46.8 Å². The van der Waals surface area contributed by atoms with E-state index >= 15 is 0 Å². The molecule has 1 amide bonds. The van der Waals surface area contributed by atoms with Crippen LogP contribution in [0.25, 0.3) is 33.2 Å². The van der Waals surface area contributed by atoms with Crippen molar-refractivity contribution in [3.05, 3.63) is 89.1 Å². The van der Waals surface area contributed by atoms with E-state index in [2.05, 4.69) is 45.2 Å². The molecule has 7 rings (SSSR count). The molecule has 0 saturated heterocycles. The van der Waals surface area contributed by atoms with Crippen molar-refractivity contribution >= 4 is 86.3 Å². The molecule has 22 heteroatoms. The molecule has 1 atom stereocenters. The second-order valence-corrected chi connectivity index (χ2v) is 13.9. The number of aromatic nitrogens is 9. The van der Waals surface area contributed by atoms with Gasteiger partial charge in [0.25, 0.3) is 5.91 Å². The molecule has 12 N–H and O–H groups in total. The van der Waals surface area contributed by atoms with Gasteiger partial charge in [-0.25, -0.2) is 24.7 Å². The van der Waals surface area contributed by atoms with Crippen LogP contribution < -0.4 is 33.2 Å². The molecule has 314 valence electrons. The lowest BCUT2D eigenvalue weighted by molar-refractivity contribution is -0.140. The average Bonchev–Trinajstić information content (AvgIpc) is 3.58. The van der Waals surface area contributed by atoms with Crippen molar-refractivity contribution in [2.75, 3.05) is 34.9 Å². The monoisotopic (exact) mass is 831 g/mol. The van der Waals surface area contributed by atoms with Gasteiger partial charge in [-0.3, -0.25) is 14.4 Å². The molecule has 0 fully saturated rings. The van der Waals surface area contributed by atoms with Crippen LogP contribution in [0.4, 0.5) is 29.2 Å². The Labute approximate surface area is 345 Å². The molecule has 0 aliphatic carbocycles. The number of carboxylic acid groups (broad SMARTS) is 3. The Morgan fingerprint density at radius 3 is 2.03 bits per heavy atom. The highest BCUT2D eigenvalue weighted by Crippen LogP contribution is 2.24. The van der Waals surface area contributed by atoms with Crippen molar-refractivity contribution in [1.82, 2.24) is 49.8 Å². The Hall–Kier alpha value is -8.30. The maximum absolute atomic E-state index is 12.6. The largest absolute Gasteiger partial charge is 0.481 e. The minimum Gasteiger partial charge on any atom is -0.481 e. The predicted molar refractivity (Wildman–Crippen MR) is 224 cm³/mol. The number of benzene rings is 2. The zero-order valence-electron chi connectivity index (χ0n) is 32.8. The smallest absolute Gasteiger partial charge is 0.326 e. The Morgan fingerprint density at radius 2 is 1.43 bits per heavy atom. The molecule has 2 aromatic carbocycles. The Morgan fingerprint density at radius 1 is 0.787 bits per heavy atom. The molecule has 0 aliphatic heterocycles. The van der Waals surface area contributed by atoms with Gasteiger partial charge in [0.15, 0.2) is 34.0 Å². The summed E-state index contributed by atoms with van der Waals surface area (Å²) in [5.74, 6) is -3.24. The van der Waals surface area contributed by atoms with Crippen molar-refractivity contribution in [2.45, 2.75) is 51.7 Å². The highest BCUT2D eigenvalue weighted by atomic mass is 16.4. The number of rotatable bonds is 14. The van der Waals surface area contributed by atoms with Gasteiger partial charge in [0.05, 0.1) is 43.3 Å². The number of amides is 1. The summed E-state index contributed by atoms with van der Waals surface area (Å²) in [6.07, 6.45) is 5.09. The van der Waals surface area contributed by atoms with Crippen LogP contribution in [-0.4, -0.2) is 96.7 Å². The maximum atomic E-state index is 12.6. The lowest BCUT2D eigenvalue weighted by Crippen LogP contribution is -2.40. The van der Waals surface area contributed by atoms with E-state index in [-0.39, 0.29) is 54.8 Å². The molecule has 61 heavy (non-hydrogen) atoms. The number of nitrogens with zero attached hydrogens (tertiary/aromatic N) is 10. The molecule has 1 unspecified atom stereocenters. The Bertz CT molecular complexity index is 2820. The van der Waals surface area contributed by atoms with Crippen LogP contribution in [-0.2, 0) is 33.9 Å². The number of fused-ring (bicyclic) bond motifs is 3. The van der Waals surface area contributed by atoms with Gasteiger partial charge in [-0.15, -0.1) is 0 Å². The molecule has 0 aliphatic rings. The first-order chi connectivity index (χ1) is 29.0. The van der Waals surface area contributed by atoms with E-state index < -0.39 is 29.9 Å². The zero-order chi connectivity index (χ0) is 44.0. The van der Waals surface area contributed by atoms with Gasteiger partial charge in [-0.05, 0) is 72.7 Å². The summed E-state index contributed by atoms with van der Waals surface area (Å²) in [6.45, 7) is 2.68. The number of nitrogens with two attached hydrogens (primary N) is 4. The number of carbonyl (C=O) groups is 4. The van der Waals surface area contributed by atoms with E-state index in [1.807, 2.05) is 53.9 Å². The predicted octanol–water partition coefficient (Wildman–Crippen LogP) is 2.18. The third-order valence-corrected chi connectivity index (χ3v) is 9.28. The van der Waals surface area contributed by atoms with Crippen molar-refractivity contribution < 1.29 is 34.5 Å². The van der Waals surface area contributed by atoms with Crippen molar-refractivity contribution in [1.29, 1.82) is 0 Å². The minimum absolute atomic E-state index is 0.000319. The molecule has 0 bridgehead atoms. The topological polar surface area (TPSA) is 356 Å². The summed E-state index contributed by atoms with van der Waals surface area (Å²) < 4.78 is 2.00. The summed E-state index contributed by atoms with van der Waals surface area (Å²) in [7, 11) is 1.85. The fourth-order valence-electron chi connectivity index (χ4n) is 6.47. The van der Waals surface area contributed by atoms with Gasteiger partial charge in [0.2, 0.25) is 11.9 Å². The summed E-state index contributed by atoms with van der Waals surface area (Å²) in [5.41, 5.74) is 29.3. The second kappa shape index (κ2) is 18.1. The number of nitrogens with one attached hydrogen (secondary N) is 1. The molecule has 0 spiro atoms. The van der Waals surface area contributed by atoms with E-state index in [0.717, 1.165) is 27.7 Å². The summed E-state index contributed by atoms with van der Waals surface area (Å²) in [5, 5.41) is 30.4. The number of hydrogen-bond acceptors (Lipinski definition) is 17. The lowest BCUT2D eigenvalue weighted by atomic mass is 10.1. The second-order valence-electron chi connectivity index (χ2n) is 13.9. The molecule has 5 heterocycles. The van der Waals surface area contributed by atoms with E-state index in [1.165, 1.54) is 0 Å². The average molecular weight is 832 g/mol. The molecular weight excluding hydrogens is 791 g/mol. The van der Waals surface area contributed by atoms with E-state index in [4.69, 9.17) is 33.1 Å². The van der Waals surface area contributed by atoms with Crippen LogP contribution in [0.2, 0.25) is 0 Å². The number of hydrogen-bond donors (Lipinski definition) is 8. The highest BCUT2D eigenvalue weighted by molar-refractivity contribution is 5.97. The van der Waals surface area contributed by atoms with Gasteiger partial charge in [-0.2, -0.15) is 19.9 Å². The third kappa shape index (κ3) is 10.4. The quantitative estimate of drug-likeness (QED) is 0.0778. The van der Waals surface area contributed by atoms with Crippen LogP contribution in [0, 0.1) is 6.92 Å². The first-order valence-corrected chi connectivity index (χ1v) is 18.5. The number of carboxylic acids is 3. The van der Waals surface area contributed by atoms with Crippen LogP contribution in [0.1, 0.15) is 52.1 Å². The Balaban J connectivity index is 0.000000212. The molecule has 22 nitrogen and oxygen atoms in total. The number of aliphatic carboxylic acids is 3. The fraction of sp³-hybridized carbons (Fsp3) is 0.231. The van der Waals surface area contributed by atoms with Crippen LogP contribution in [0.15, 0.2) is 61.1 Å². The van der Waals surface area contributed by atoms with Crippen LogP contribution in [0.5, 0.6) is 0 Å². The number of anilines is 5. The molecule has 0 radical (unpaired) electrons. The van der Waals surface area contributed by atoms with Gasteiger partial charge in [0, 0.05) is 36.4 Å². The standard InChI is InChI=1S/C22H26N8O5.C17H15N7O2/c1-11-8-12(20(33)27-14(21(34)35)4-3-5-16(31)32)6-7-15(11)30(2)10-13-9-25-19-17(26-13)18(23)28-22(24)29-19;18-15-14-16(23-17(19)22-15)20-7-11(21-14)8-24-4-3-10-5-9(6-13(25)26)1-2-12(10)24/h6-9,14H,3-5,10H2,1-2H3,(H,27,33)(H,31,32)(H,34,35)(H4,23,24,25,28,29);1-5,7H,6,8H2,(H,25,26)(H4,18,19,20,22,23). The Kier molecular flexibility index (Phi) is 12.6. The minimum atomic E-state index is -1.22. The summed E-state index contributed by atoms with van der Waals surface area (Å²) in [6, 6.07) is 11.3. The molecular formula is C39H41N15O7. The van der Waals surface area contributed by atoms with E-state index in [9.17, 15) is 24.3 Å². The number of aryl methyl sites for hydroxylation is 1. The first kappa shape index (κ1) is 42.3. The van der Waals surface area contributed by atoms with E-state index in [1.54, 1.807) is 30.6 Å². The van der Waals surface area contributed by atoms with Gasteiger partial charge in [-0.1, -0.05) is 6.07 Å². The van der Waals surface area contributed by atoms with Gasteiger partial charge >= 0.3 is 17.9 Å². The van der Waals surface area contributed by atoms with Crippen molar-refractivity contribution in [3.63, 3.8) is 0 Å². The first-order valence-electron chi connectivity index (χ1n) is 18.5. The van der Waals surface area contributed by atoms with Gasteiger partial charge < -0.3 is 53.0 Å². The van der Waals surface area contributed by atoms with Crippen LogP contribution in [0.3, 0.4) is 0 Å². The fourth-order valence-corrected chi connectivity index (χ4v) is 6.47. The normalized spacial score (nSPS) is 11.5. The number of nitrogen functional groups attached to an aromatic ring is 4. The SMILES string of the molecule is Cc1cc(C(=O)NC(CCCC(=O)O)C(=O)O)ccc1N(C)Cc1cnc2nc(N)nc(N)c2n1.Nc1nc(N)c2nc(Cn3ccc4cc(CC(=O)O)ccc43)cnc2n1. The molecule has 5 aromatic heterocycles. The summed E-state index contributed by atoms with van der Waals surface area (Å²) in [4.78, 5) is 80.8. The molecule has 7 aromatic rings.